The van der Waals surface area contributed by atoms with E-state index in [-0.39, 0.29) is 0 Å². The van der Waals surface area contributed by atoms with E-state index in [1.165, 1.54) is 34.9 Å². The van der Waals surface area contributed by atoms with E-state index in [1.807, 2.05) is 0 Å². The number of rotatable bonds is 2. The van der Waals surface area contributed by atoms with Gasteiger partial charge >= 0.3 is 0 Å². The third-order valence-corrected chi connectivity index (χ3v) is 3.78. The molecular weight excluding hydrogens is 187 g/mol. The predicted octanol–water partition coefficient (Wildman–Crippen LogP) is 4.46. The monoisotopic (exact) mass is 208 g/mol. The molecule has 0 saturated carbocycles. The Morgan fingerprint density at radius 1 is 1.43 bits per heavy atom. The molecule has 0 heterocycles. The molecule has 0 saturated heterocycles. The Kier molecular flexibility index (Phi) is 4.13. The lowest BCUT2D eigenvalue weighted by Crippen LogP contribution is -1.97. The maximum absolute atomic E-state index is 2.90. The zero-order chi connectivity index (χ0) is 10.7. The molecule has 0 bridgehead atoms. The van der Waals surface area contributed by atoms with Gasteiger partial charge in [0.15, 0.2) is 0 Å². The van der Waals surface area contributed by atoms with Gasteiger partial charge in [-0.1, -0.05) is 37.1 Å². The second-order valence-corrected chi connectivity index (χ2v) is 4.96. The van der Waals surface area contributed by atoms with Crippen LogP contribution in [0.2, 0.25) is 0 Å². The third kappa shape index (κ3) is 2.58. The van der Waals surface area contributed by atoms with Crippen LogP contribution in [0.15, 0.2) is 34.2 Å². The summed E-state index contributed by atoms with van der Waals surface area (Å²) in [6, 6.07) is 0. The summed E-state index contributed by atoms with van der Waals surface area (Å²) in [6.45, 7) is 8.98. The predicted molar refractivity (Wildman–Crippen MR) is 68.3 cm³/mol. The van der Waals surface area contributed by atoms with Gasteiger partial charge in [-0.15, -0.1) is 9.24 Å². The second kappa shape index (κ2) is 4.94. The Morgan fingerprint density at radius 2 is 2.07 bits per heavy atom. The molecule has 1 aliphatic carbocycles. The molecule has 1 rings (SSSR count). The normalized spacial score (nSPS) is 19.0. The van der Waals surface area contributed by atoms with Crippen molar-refractivity contribution in [1.82, 2.24) is 0 Å². The van der Waals surface area contributed by atoms with Crippen molar-refractivity contribution in [2.24, 2.45) is 5.92 Å². The first-order valence-electron chi connectivity index (χ1n) is 5.37. The molecule has 78 valence electrons. The molecule has 0 fully saturated rings. The summed E-state index contributed by atoms with van der Waals surface area (Å²) in [5.74, 6) is 0.637. The molecule has 1 heteroatoms. The molecule has 1 atom stereocenters. The van der Waals surface area contributed by atoms with Crippen LogP contribution in [0.5, 0.6) is 0 Å². The average molecular weight is 208 g/mol. The summed E-state index contributed by atoms with van der Waals surface area (Å²) < 4.78 is 0. The van der Waals surface area contributed by atoms with E-state index in [2.05, 4.69) is 49.1 Å². The van der Waals surface area contributed by atoms with Gasteiger partial charge in [-0.2, -0.15) is 0 Å². The molecule has 0 nitrogen and oxygen atoms in total. The minimum Gasteiger partial charge on any atom is -0.105 e. The molecule has 14 heavy (non-hydrogen) atoms. The van der Waals surface area contributed by atoms with E-state index in [0.717, 1.165) is 0 Å². The topological polar surface area (TPSA) is 0 Å². The summed E-state index contributed by atoms with van der Waals surface area (Å²) in [5.41, 5.74) is 4.45. The second-order valence-electron chi connectivity index (χ2n) is 4.39. The van der Waals surface area contributed by atoms with Crippen LogP contribution < -0.4 is 0 Å². The van der Waals surface area contributed by atoms with Crippen molar-refractivity contribution in [3.8, 4) is 0 Å². The first-order chi connectivity index (χ1) is 6.54. The molecule has 0 aliphatic heterocycles. The van der Waals surface area contributed by atoms with Crippen molar-refractivity contribution >= 4 is 9.24 Å². The first-order valence-corrected chi connectivity index (χ1v) is 5.94. The van der Waals surface area contributed by atoms with Gasteiger partial charge in [0.25, 0.3) is 0 Å². The molecule has 0 aromatic carbocycles. The lowest BCUT2D eigenvalue weighted by Gasteiger charge is -2.17. The highest BCUT2D eigenvalue weighted by Crippen LogP contribution is 2.32. The Hall–Kier alpha value is -0.350. The largest absolute Gasteiger partial charge is 0.105 e. The van der Waals surface area contributed by atoms with Gasteiger partial charge in [0.05, 0.1) is 0 Å². The summed E-state index contributed by atoms with van der Waals surface area (Å²) >= 11 is 0. The maximum Gasteiger partial charge on any atom is -0.0199 e. The Bertz CT molecular complexity index is 303. The maximum atomic E-state index is 2.90. The van der Waals surface area contributed by atoms with Gasteiger partial charge in [0.2, 0.25) is 0 Å². The average Bonchev–Trinajstić information content (AvgIpc) is 2.16. The van der Waals surface area contributed by atoms with Crippen LogP contribution in [0, 0.1) is 5.92 Å². The summed E-state index contributed by atoms with van der Waals surface area (Å²) in [5, 5.41) is 1.40. The van der Waals surface area contributed by atoms with Crippen molar-refractivity contribution in [3.63, 3.8) is 0 Å². The van der Waals surface area contributed by atoms with Gasteiger partial charge in [-0.3, -0.25) is 0 Å². The quantitative estimate of drug-likeness (QED) is 0.588. The van der Waals surface area contributed by atoms with Crippen LogP contribution in [0.25, 0.3) is 0 Å². The van der Waals surface area contributed by atoms with Gasteiger partial charge in [0.1, 0.15) is 0 Å². The SMILES string of the molecule is CC1=C(/C(P)=C(\C)C(C)C)C=CCC1. The number of allylic oxidation sites excluding steroid dienone is 6. The van der Waals surface area contributed by atoms with Crippen molar-refractivity contribution in [2.45, 2.75) is 40.5 Å². The smallest absolute Gasteiger partial charge is 0.0199 e. The lowest BCUT2D eigenvalue weighted by atomic mass is 9.94. The fourth-order valence-corrected chi connectivity index (χ4v) is 2.30. The molecular formula is C13H21P. The summed E-state index contributed by atoms with van der Waals surface area (Å²) in [4.78, 5) is 0. The van der Waals surface area contributed by atoms with Crippen LogP contribution in [0.1, 0.15) is 40.5 Å². The number of hydrogen-bond donors (Lipinski definition) is 0. The summed E-state index contributed by atoms with van der Waals surface area (Å²) in [7, 11) is 2.90. The minimum atomic E-state index is 0.637. The molecule has 0 aromatic heterocycles. The molecule has 0 amide bonds. The first kappa shape index (κ1) is 11.7. The standard InChI is InChI=1S/C13H21P/c1-9(2)11(4)13(14)12-8-6-5-7-10(12)3/h6,8-9H,5,7,14H2,1-4H3/b13-11-. The van der Waals surface area contributed by atoms with E-state index >= 15 is 0 Å². The van der Waals surface area contributed by atoms with E-state index < -0.39 is 0 Å². The van der Waals surface area contributed by atoms with Crippen LogP contribution in [-0.4, -0.2) is 0 Å². The van der Waals surface area contributed by atoms with E-state index in [1.54, 1.807) is 0 Å². The van der Waals surface area contributed by atoms with E-state index in [9.17, 15) is 0 Å². The van der Waals surface area contributed by atoms with Crippen LogP contribution in [0.3, 0.4) is 0 Å². The molecule has 0 spiro atoms. The molecule has 1 aliphatic rings. The zero-order valence-corrected chi connectivity index (χ0v) is 10.9. The van der Waals surface area contributed by atoms with Crippen molar-refractivity contribution in [2.75, 3.05) is 0 Å². The fraction of sp³-hybridized carbons (Fsp3) is 0.538. The Labute approximate surface area is 90.4 Å². The van der Waals surface area contributed by atoms with Gasteiger partial charge in [0, 0.05) is 0 Å². The zero-order valence-electron chi connectivity index (χ0n) is 9.72. The highest BCUT2D eigenvalue weighted by Gasteiger charge is 2.09. The highest BCUT2D eigenvalue weighted by molar-refractivity contribution is 7.23. The highest BCUT2D eigenvalue weighted by atomic mass is 31.0. The van der Waals surface area contributed by atoms with Gasteiger partial charge in [-0.25, -0.2) is 0 Å². The number of hydrogen-bond acceptors (Lipinski definition) is 0. The van der Waals surface area contributed by atoms with Crippen molar-refractivity contribution in [3.05, 3.63) is 34.2 Å². The van der Waals surface area contributed by atoms with Crippen LogP contribution in [-0.2, 0) is 0 Å². The Morgan fingerprint density at radius 3 is 2.57 bits per heavy atom. The summed E-state index contributed by atoms with van der Waals surface area (Å²) in [6.07, 6.45) is 6.97. The van der Waals surface area contributed by atoms with Crippen molar-refractivity contribution < 1.29 is 0 Å². The van der Waals surface area contributed by atoms with Gasteiger partial charge < -0.3 is 0 Å². The fourth-order valence-electron chi connectivity index (χ4n) is 1.62. The Balaban J connectivity index is 3.05. The van der Waals surface area contributed by atoms with E-state index in [4.69, 9.17) is 0 Å². The molecule has 0 radical (unpaired) electrons. The minimum absolute atomic E-state index is 0.637. The van der Waals surface area contributed by atoms with Crippen LogP contribution in [0.4, 0.5) is 0 Å². The van der Waals surface area contributed by atoms with Gasteiger partial charge in [-0.05, 0) is 43.5 Å². The third-order valence-electron chi connectivity index (χ3n) is 3.01. The molecule has 0 aromatic rings. The van der Waals surface area contributed by atoms with Crippen molar-refractivity contribution in [1.29, 1.82) is 0 Å². The van der Waals surface area contributed by atoms with Crippen LogP contribution >= 0.6 is 9.24 Å². The lowest BCUT2D eigenvalue weighted by molar-refractivity contribution is 0.765. The molecule has 1 unspecified atom stereocenters. The molecule has 0 N–H and O–H groups in total. The van der Waals surface area contributed by atoms with E-state index in [0.29, 0.717) is 5.92 Å².